The summed E-state index contributed by atoms with van der Waals surface area (Å²) in [5.74, 6) is 5.84. The third-order valence-electron chi connectivity index (χ3n) is 1.34. The Bertz CT molecular complexity index is 190. The largest absolute Gasteiger partial charge is 0.378 e. The second-order valence-corrected chi connectivity index (χ2v) is 3.57. The van der Waals surface area contributed by atoms with Gasteiger partial charge in [-0.05, 0) is 19.8 Å². The van der Waals surface area contributed by atoms with Gasteiger partial charge < -0.3 is 9.90 Å². The molecular formula is C10H16O2. The molecule has 0 spiro atoms. The summed E-state index contributed by atoms with van der Waals surface area (Å²) in [5, 5.41) is 9.22. The molecule has 12 heavy (non-hydrogen) atoms. The van der Waals surface area contributed by atoms with Crippen molar-refractivity contribution < 1.29 is 9.90 Å². The predicted octanol–water partition coefficient (Wildman–Crippen LogP) is 1.38. The quantitative estimate of drug-likeness (QED) is 0.510. The zero-order valence-electron chi connectivity index (χ0n) is 7.92. The summed E-state index contributed by atoms with van der Waals surface area (Å²) >= 11 is 0. The van der Waals surface area contributed by atoms with Crippen LogP contribution in [0.15, 0.2) is 0 Å². The average Bonchev–Trinajstić information content (AvgIpc) is 1.84. The minimum atomic E-state index is -0.916. The van der Waals surface area contributed by atoms with Gasteiger partial charge in [0.1, 0.15) is 11.9 Å². The highest BCUT2D eigenvalue weighted by atomic mass is 16.3. The number of hydrogen-bond acceptors (Lipinski definition) is 2. The molecule has 0 aromatic rings. The van der Waals surface area contributed by atoms with Crippen molar-refractivity contribution in [1.29, 1.82) is 0 Å². The van der Waals surface area contributed by atoms with Crippen LogP contribution in [0, 0.1) is 17.8 Å². The molecule has 2 heteroatoms. The molecule has 68 valence electrons. The first-order valence-electron chi connectivity index (χ1n) is 4.11. The Morgan fingerprint density at radius 1 is 1.58 bits per heavy atom. The van der Waals surface area contributed by atoms with Gasteiger partial charge in [0.25, 0.3) is 0 Å². The van der Waals surface area contributed by atoms with Crippen LogP contribution in [0.3, 0.4) is 0 Å². The third-order valence-corrected chi connectivity index (χ3v) is 1.34. The summed E-state index contributed by atoms with van der Waals surface area (Å²) in [4.78, 5) is 10.1. The average molecular weight is 168 g/mol. The van der Waals surface area contributed by atoms with E-state index in [-0.39, 0.29) is 5.92 Å². The fourth-order valence-corrected chi connectivity index (χ4v) is 0.689. The third kappa shape index (κ3) is 7.30. The Morgan fingerprint density at radius 2 is 2.17 bits per heavy atom. The van der Waals surface area contributed by atoms with E-state index < -0.39 is 5.60 Å². The smallest absolute Gasteiger partial charge is 0.120 e. The Balaban J connectivity index is 3.78. The summed E-state index contributed by atoms with van der Waals surface area (Å²) < 4.78 is 0. The Labute approximate surface area is 74.0 Å². The van der Waals surface area contributed by atoms with Gasteiger partial charge in [0.05, 0.1) is 0 Å². The lowest BCUT2D eigenvalue weighted by Crippen LogP contribution is -2.14. The molecule has 2 nitrogen and oxygen atoms in total. The van der Waals surface area contributed by atoms with Crippen LogP contribution >= 0.6 is 0 Å². The molecule has 0 fully saturated rings. The molecule has 0 aliphatic carbocycles. The lowest BCUT2D eigenvalue weighted by molar-refractivity contribution is -0.108. The van der Waals surface area contributed by atoms with Crippen LogP contribution < -0.4 is 0 Å². The summed E-state index contributed by atoms with van der Waals surface area (Å²) in [6.45, 7) is 5.25. The Hall–Kier alpha value is -0.810. The molecule has 0 rings (SSSR count). The molecule has 1 N–H and O–H groups in total. The zero-order chi connectivity index (χ0) is 9.61. The second-order valence-electron chi connectivity index (χ2n) is 3.57. The van der Waals surface area contributed by atoms with Crippen LogP contribution in [0.1, 0.15) is 33.6 Å². The molecule has 0 aliphatic rings. The van der Waals surface area contributed by atoms with Crippen LogP contribution in [0.2, 0.25) is 0 Å². The molecule has 1 unspecified atom stereocenters. The standard InChI is InChI=1S/C10H16O2/c1-9(6-8-11)5-4-7-10(2,3)12/h8-9,12H,5-6H2,1-3H3. The lowest BCUT2D eigenvalue weighted by atomic mass is 10.0. The van der Waals surface area contributed by atoms with Gasteiger partial charge in [-0.15, -0.1) is 5.92 Å². The number of aldehydes is 1. The van der Waals surface area contributed by atoms with Gasteiger partial charge in [-0.1, -0.05) is 12.8 Å². The van der Waals surface area contributed by atoms with Gasteiger partial charge in [0.15, 0.2) is 0 Å². The topological polar surface area (TPSA) is 37.3 Å². The van der Waals surface area contributed by atoms with Gasteiger partial charge >= 0.3 is 0 Å². The molecule has 0 aromatic heterocycles. The summed E-state index contributed by atoms with van der Waals surface area (Å²) in [6.07, 6.45) is 2.11. The molecule has 0 aromatic carbocycles. The van der Waals surface area contributed by atoms with Crippen LogP contribution in [0.5, 0.6) is 0 Å². The van der Waals surface area contributed by atoms with E-state index in [1.807, 2.05) is 6.92 Å². The van der Waals surface area contributed by atoms with E-state index in [4.69, 9.17) is 0 Å². The van der Waals surface area contributed by atoms with Crippen molar-refractivity contribution in [3.05, 3.63) is 0 Å². The van der Waals surface area contributed by atoms with Crippen molar-refractivity contribution in [2.24, 2.45) is 5.92 Å². The molecule has 0 aliphatic heterocycles. The van der Waals surface area contributed by atoms with Gasteiger partial charge in [-0.3, -0.25) is 0 Å². The molecule has 0 saturated carbocycles. The maximum absolute atomic E-state index is 10.1. The first-order valence-corrected chi connectivity index (χ1v) is 4.11. The molecule has 1 atom stereocenters. The van der Waals surface area contributed by atoms with E-state index >= 15 is 0 Å². The van der Waals surface area contributed by atoms with Crippen LogP contribution in [0.25, 0.3) is 0 Å². The van der Waals surface area contributed by atoms with Crippen LogP contribution in [-0.4, -0.2) is 17.0 Å². The fourth-order valence-electron chi connectivity index (χ4n) is 0.689. The van der Waals surface area contributed by atoms with Crippen molar-refractivity contribution >= 4 is 6.29 Å². The zero-order valence-corrected chi connectivity index (χ0v) is 7.92. The maximum atomic E-state index is 10.1. The highest BCUT2D eigenvalue weighted by Crippen LogP contribution is 2.04. The van der Waals surface area contributed by atoms with Crippen LogP contribution in [-0.2, 0) is 4.79 Å². The van der Waals surface area contributed by atoms with Crippen molar-refractivity contribution in [2.75, 3.05) is 0 Å². The first kappa shape index (κ1) is 11.2. The Kier molecular flexibility index (Phi) is 4.61. The minimum Gasteiger partial charge on any atom is -0.378 e. The molecule has 0 radical (unpaired) electrons. The number of aliphatic hydroxyl groups is 1. The van der Waals surface area contributed by atoms with E-state index in [1.54, 1.807) is 13.8 Å². The lowest BCUT2D eigenvalue weighted by Gasteiger charge is -2.06. The van der Waals surface area contributed by atoms with Gasteiger partial charge in [0, 0.05) is 12.8 Å². The maximum Gasteiger partial charge on any atom is 0.120 e. The van der Waals surface area contributed by atoms with Gasteiger partial charge in [0.2, 0.25) is 0 Å². The molecule has 0 bridgehead atoms. The SMILES string of the molecule is CC(CC#CC(C)(C)O)CC=O. The van der Waals surface area contributed by atoms with Crippen molar-refractivity contribution in [2.45, 2.75) is 39.2 Å². The predicted molar refractivity (Wildman–Crippen MR) is 48.5 cm³/mol. The minimum absolute atomic E-state index is 0.289. The second kappa shape index (κ2) is 4.95. The number of carbonyl (C=O) groups is 1. The molecular weight excluding hydrogens is 152 g/mol. The van der Waals surface area contributed by atoms with E-state index in [9.17, 15) is 9.90 Å². The summed E-state index contributed by atoms with van der Waals surface area (Å²) in [7, 11) is 0. The summed E-state index contributed by atoms with van der Waals surface area (Å²) in [6, 6.07) is 0. The van der Waals surface area contributed by atoms with Gasteiger partial charge in [-0.2, -0.15) is 0 Å². The van der Waals surface area contributed by atoms with E-state index in [0.29, 0.717) is 12.8 Å². The number of hydrogen-bond donors (Lipinski definition) is 1. The van der Waals surface area contributed by atoms with E-state index in [1.165, 1.54) is 0 Å². The van der Waals surface area contributed by atoms with E-state index in [2.05, 4.69) is 11.8 Å². The van der Waals surface area contributed by atoms with Crippen molar-refractivity contribution in [3.8, 4) is 11.8 Å². The molecule has 0 saturated heterocycles. The molecule has 0 heterocycles. The van der Waals surface area contributed by atoms with Crippen molar-refractivity contribution in [3.63, 3.8) is 0 Å². The normalized spacial score (nSPS) is 13.0. The number of carbonyl (C=O) groups excluding carboxylic acids is 1. The highest BCUT2D eigenvalue weighted by Gasteiger charge is 2.05. The van der Waals surface area contributed by atoms with Crippen LogP contribution in [0.4, 0.5) is 0 Å². The van der Waals surface area contributed by atoms with Gasteiger partial charge in [-0.25, -0.2) is 0 Å². The molecule has 0 amide bonds. The monoisotopic (exact) mass is 168 g/mol. The van der Waals surface area contributed by atoms with E-state index in [0.717, 1.165) is 6.29 Å². The fraction of sp³-hybridized carbons (Fsp3) is 0.700. The van der Waals surface area contributed by atoms with Crippen molar-refractivity contribution in [1.82, 2.24) is 0 Å². The number of rotatable bonds is 3. The highest BCUT2D eigenvalue weighted by molar-refractivity contribution is 5.49. The Morgan fingerprint density at radius 3 is 2.58 bits per heavy atom. The first-order chi connectivity index (χ1) is 5.45. The summed E-state index contributed by atoms with van der Waals surface area (Å²) in [5.41, 5.74) is -0.916.